The maximum Gasteiger partial charge on any atom is 0.358 e. The highest BCUT2D eigenvalue weighted by atomic mass is 79.9. The largest absolute Gasteiger partial charge is 0.464 e. The molecule has 60 heavy (non-hydrogen) atoms. The van der Waals surface area contributed by atoms with E-state index in [1.165, 1.54) is 20.4 Å². The lowest BCUT2D eigenvalue weighted by Crippen LogP contribution is -2.26. The Kier molecular flexibility index (Phi) is 12.8. The number of aldehydes is 1. The van der Waals surface area contributed by atoms with E-state index in [-0.39, 0.29) is 44.1 Å². The number of aryl methyl sites for hydroxylation is 2. The molecule has 8 heterocycles. The quantitative estimate of drug-likeness (QED) is 0.131. The summed E-state index contributed by atoms with van der Waals surface area (Å²) in [5.74, 6) is 0.201. The number of methoxy groups -OCH3 is 2. The maximum absolute atomic E-state index is 14.2. The van der Waals surface area contributed by atoms with Crippen molar-refractivity contribution in [1.29, 1.82) is 0 Å². The summed E-state index contributed by atoms with van der Waals surface area (Å²) in [7, 11) is 6.17. The number of hydrogen-bond donors (Lipinski definition) is 1. The molecule has 4 aromatic heterocycles. The van der Waals surface area contributed by atoms with Crippen LogP contribution in [0.4, 0.5) is 8.78 Å². The number of nitrogens with zero attached hydrogens (tertiary/aromatic N) is 8. The number of rotatable bonds is 5. The van der Waals surface area contributed by atoms with E-state index in [1.807, 2.05) is 9.13 Å². The van der Waals surface area contributed by atoms with E-state index < -0.39 is 18.0 Å². The van der Waals surface area contributed by atoms with Gasteiger partial charge in [-0.2, -0.15) is 0 Å². The number of aromatic nitrogens is 8. The monoisotopic (exact) mass is 952 g/mol. The predicted octanol–water partition coefficient (Wildman–Crippen LogP) is 8.66. The van der Waals surface area contributed by atoms with Gasteiger partial charge in [0.15, 0.2) is 17.7 Å². The summed E-state index contributed by atoms with van der Waals surface area (Å²) in [6.07, 6.45) is 11.2. The van der Waals surface area contributed by atoms with Crippen LogP contribution in [0.25, 0.3) is 22.8 Å². The van der Waals surface area contributed by atoms with Crippen LogP contribution in [0, 0.1) is 11.6 Å². The zero-order valence-corrected chi connectivity index (χ0v) is 34.7. The highest BCUT2D eigenvalue weighted by molar-refractivity contribution is 9.10. The van der Waals surface area contributed by atoms with Gasteiger partial charge in [0.25, 0.3) is 0 Å². The van der Waals surface area contributed by atoms with Crippen LogP contribution in [-0.4, -0.2) is 75.8 Å². The van der Waals surface area contributed by atoms with Gasteiger partial charge in [-0.05, 0) is 105 Å². The predicted molar refractivity (Wildman–Crippen MR) is 225 cm³/mol. The number of aliphatic hydroxyl groups is 1. The number of halogens is 4. The number of carbonyl (C=O) groups excluding carboxylic acids is 3. The normalized spacial score (nSPS) is 18.7. The second kappa shape index (κ2) is 17.3. The minimum absolute atomic E-state index is 0. The van der Waals surface area contributed by atoms with E-state index in [0.29, 0.717) is 49.5 Å². The van der Waals surface area contributed by atoms with Gasteiger partial charge >= 0.3 is 11.9 Å². The number of esters is 2. The second-order valence-corrected chi connectivity index (χ2v) is 16.3. The van der Waals surface area contributed by atoms with Crippen LogP contribution in [0.3, 0.4) is 0 Å². The first-order chi connectivity index (χ1) is 27.8. The fraction of sp³-hybridized carbons (Fsp3) is 0.357. The highest BCUT2D eigenvalue weighted by Crippen LogP contribution is 2.55. The molecule has 12 rings (SSSR count). The molecule has 2 saturated carbocycles. The molecule has 2 fully saturated rings. The van der Waals surface area contributed by atoms with Gasteiger partial charge in [0, 0.05) is 43.5 Å². The Labute approximate surface area is 361 Å². The maximum atomic E-state index is 14.2. The zero-order valence-electron chi connectivity index (χ0n) is 31.6. The summed E-state index contributed by atoms with van der Waals surface area (Å²) < 4.78 is 45.8. The Bertz CT molecular complexity index is 2610. The molecule has 0 spiro atoms. The standard InChI is InChI=1S/C20H18BrFN4O3.C15H12BrFN2O2.C5H6N2O.2CH4/c1-25-8-23-7-15(25)18(27)17-16(20(28)29-2)24-19-12-5-13(21)14(22)6-11(12)9-3-10(4-9)26(17)19;1-21-15(20)13-6-19-8-2-7(3-8)9-5-12(17)11(16)4-10(9)14(19)18-13;1-7-4-6-2-5(7)3-8;;/h5-10,18,27H,3-4H2,1-2H3;4-8H,2-3H2,1H3;2-4H,1H3;2*1H4. The summed E-state index contributed by atoms with van der Waals surface area (Å²) in [5, 5.41) is 11.2. The fourth-order valence-corrected chi connectivity index (χ4v) is 8.83. The summed E-state index contributed by atoms with van der Waals surface area (Å²) >= 11 is 6.49. The molecule has 2 aliphatic carbocycles. The molecule has 2 aromatic carbocycles. The molecule has 0 saturated heterocycles. The lowest BCUT2D eigenvalue weighted by atomic mass is 9.75. The summed E-state index contributed by atoms with van der Waals surface area (Å²) in [6, 6.07) is 6.97. The first-order valence-corrected chi connectivity index (χ1v) is 19.8. The molecule has 6 aromatic rings. The van der Waals surface area contributed by atoms with Gasteiger partial charge in [0.2, 0.25) is 0 Å². The van der Waals surface area contributed by atoms with E-state index in [2.05, 4.69) is 51.8 Å². The Hall–Kier alpha value is -5.33. The molecule has 0 radical (unpaired) electrons. The van der Waals surface area contributed by atoms with Crippen molar-refractivity contribution in [2.24, 2.45) is 14.1 Å². The van der Waals surface area contributed by atoms with E-state index in [0.717, 1.165) is 60.0 Å². The average molecular weight is 955 g/mol. The van der Waals surface area contributed by atoms with Gasteiger partial charge in [-0.15, -0.1) is 0 Å². The smallest absolute Gasteiger partial charge is 0.358 e. The van der Waals surface area contributed by atoms with E-state index in [9.17, 15) is 28.3 Å². The molecule has 316 valence electrons. The molecule has 1 N–H and O–H groups in total. The lowest BCUT2D eigenvalue weighted by molar-refractivity contribution is 0.0581. The van der Waals surface area contributed by atoms with Crippen LogP contribution in [0.1, 0.15) is 125 Å². The van der Waals surface area contributed by atoms with Crippen LogP contribution < -0.4 is 0 Å². The van der Waals surface area contributed by atoms with Crippen molar-refractivity contribution in [2.45, 2.75) is 70.6 Å². The third-order valence-corrected chi connectivity index (χ3v) is 12.6. The molecular formula is C42H44Br2F2N8O6. The third kappa shape index (κ3) is 7.53. The third-order valence-electron chi connectivity index (χ3n) is 11.4. The summed E-state index contributed by atoms with van der Waals surface area (Å²) in [5.41, 5.74) is 5.39. The molecule has 6 aliphatic rings. The fourth-order valence-electron chi connectivity index (χ4n) is 8.15. The topological polar surface area (TPSA) is 161 Å². The van der Waals surface area contributed by atoms with Crippen LogP contribution >= 0.6 is 31.9 Å². The van der Waals surface area contributed by atoms with E-state index >= 15 is 0 Å². The summed E-state index contributed by atoms with van der Waals surface area (Å²) in [6.45, 7) is 0. The molecule has 1 atom stereocenters. The minimum Gasteiger partial charge on any atom is -0.464 e. The van der Waals surface area contributed by atoms with Crippen molar-refractivity contribution in [2.75, 3.05) is 14.2 Å². The van der Waals surface area contributed by atoms with Crippen LogP contribution in [0.15, 0.2) is 64.5 Å². The van der Waals surface area contributed by atoms with Gasteiger partial charge in [-0.25, -0.2) is 38.3 Å². The van der Waals surface area contributed by atoms with Gasteiger partial charge in [-0.3, -0.25) is 4.79 Å². The van der Waals surface area contributed by atoms with Crippen molar-refractivity contribution in [3.8, 4) is 22.8 Å². The first kappa shape index (κ1) is 44.2. The number of benzene rings is 2. The Morgan fingerprint density at radius 2 is 1.37 bits per heavy atom. The summed E-state index contributed by atoms with van der Waals surface area (Å²) in [4.78, 5) is 51.1. The Balaban J connectivity index is 0.000000170. The highest BCUT2D eigenvalue weighted by Gasteiger charge is 2.44. The van der Waals surface area contributed by atoms with E-state index in [1.54, 1.807) is 72.5 Å². The van der Waals surface area contributed by atoms with Crippen molar-refractivity contribution in [3.05, 3.63) is 116 Å². The number of ether oxygens (including phenoxy) is 2. The molecule has 18 heteroatoms. The second-order valence-electron chi connectivity index (χ2n) is 14.6. The van der Waals surface area contributed by atoms with Crippen molar-refractivity contribution < 1.29 is 37.7 Å². The van der Waals surface area contributed by atoms with Gasteiger partial charge in [0.1, 0.15) is 35.1 Å². The number of imidazole rings is 4. The molecule has 4 aliphatic heterocycles. The van der Waals surface area contributed by atoms with Crippen molar-refractivity contribution in [1.82, 2.24) is 38.2 Å². The van der Waals surface area contributed by atoms with Crippen LogP contribution in [0.2, 0.25) is 0 Å². The lowest BCUT2D eigenvalue weighted by Gasteiger charge is -2.36. The molecule has 4 bridgehead atoms. The van der Waals surface area contributed by atoms with Crippen LogP contribution in [0.5, 0.6) is 0 Å². The number of hydrogen-bond acceptors (Lipinski definition) is 10. The van der Waals surface area contributed by atoms with Crippen molar-refractivity contribution in [3.63, 3.8) is 0 Å². The number of aliphatic hydroxyl groups excluding tert-OH is 1. The zero-order chi connectivity index (χ0) is 41.2. The van der Waals surface area contributed by atoms with Gasteiger partial charge in [0.05, 0.1) is 59.6 Å². The van der Waals surface area contributed by atoms with Crippen molar-refractivity contribution >= 4 is 50.1 Å². The molecule has 0 amide bonds. The van der Waals surface area contributed by atoms with Crippen LogP contribution in [-0.2, 0) is 23.6 Å². The Morgan fingerprint density at radius 1 is 0.817 bits per heavy atom. The molecular weight excluding hydrogens is 910 g/mol. The Morgan fingerprint density at radius 3 is 1.87 bits per heavy atom. The van der Waals surface area contributed by atoms with Gasteiger partial charge in [-0.1, -0.05) is 14.9 Å². The first-order valence-electron chi connectivity index (χ1n) is 18.2. The minimum atomic E-state index is -1.11. The average Bonchev–Trinajstić information content (AvgIpc) is 3.95. The molecule has 14 nitrogen and oxygen atoms in total. The van der Waals surface area contributed by atoms with Gasteiger partial charge < -0.3 is 32.8 Å². The SMILES string of the molecule is C.C.COC(=O)c1cn2c(n1)-c1cc(Br)c(F)cc1C1CC2C1.COC(=O)c1nc2n(c1C(O)c1cncn1C)C1CC(C1)c1cc(F)c(Br)cc1-2.Cn1cncc1C=O. The molecule has 1 unspecified atom stereocenters. The number of carbonyl (C=O) groups is 3. The van der Waals surface area contributed by atoms with E-state index in [4.69, 9.17) is 9.47 Å².